The highest BCUT2D eigenvalue weighted by Crippen LogP contribution is 2.23. The fourth-order valence-electron chi connectivity index (χ4n) is 4.29. The Hall–Kier alpha value is -2.92. The lowest BCUT2D eigenvalue weighted by Crippen LogP contribution is -2.51. The van der Waals surface area contributed by atoms with Crippen LogP contribution >= 0.6 is 15.9 Å². The summed E-state index contributed by atoms with van der Waals surface area (Å²) < 4.78 is 0.978. The lowest BCUT2D eigenvalue weighted by atomic mass is 9.86. The number of aryl methyl sites for hydroxylation is 1. The lowest BCUT2D eigenvalue weighted by Gasteiger charge is -2.32. The Labute approximate surface area is 230 Å². The van der Waals surface area contributed by atoms with E-state index in [0.29, 0.717) is 25.8 Å². The summed E-state index contributed by atoms with van der Waals surface area (Å²) in [5, 5.41) is 3.05. The van der Waals surface area contributed by atoms with Gasteiger partial charge in [0, 0.05) is 29.9 Å². The van der Waals surface area contributed by atoms with Crippen LogP contribution in [0.5, 0.6) is 0 Å². The molecule has 0 fully saturated rings. The number of halogens is 1. The summed E-state index contributed by atoms with van der Waals surface area (Å²) in [6.07, 6.45) is 1.43. The summed E-state index contributed by atoms with van der Waals surface area (Å²) in [4.78, 5) is 29.0. The molecule has 4 nitrogen and oxygen atoms in total. The molecule has 5 heteroatoms. The van der Waals surface area contributed by atoms with E-state index in [2.05, 4.69) is 66.3 Å². The zero-order valence-corrected chi connectivity index (χ0v) is 24.2. The van der Waals surface area contributed by atoms with Crippen LogP contribution in [0, 0.1) is 0 Å². The van der Waals surface area contributed by atoms with Crippen LogP contribution < -0.4 is 5.32 Å². The third kappa shape index (κ3) is 8.85. The molecule has 0 aliphatic heterocycles. The topological polar surface area (TPSA) is 49.4 Å². The van der Waals surface area contributed by atoms with Crippen molar-refractivity contribution in [2.75, 3.05) is 0 Å². The van der Waals surface area contributed by atoms with Gasteiger partial charge in [-0.1, -0.05) is 103 Å². The highest BCUT2D eigenvalue weighted by Gasteiger charge is 2.30. The van der Waals surface area contributed by atoms with E-state index in [0.717, 1.165) is 21.2 Å². The molecule has 2 amide bonds. The average Bonchev–Trinajstić information content (AvgIpc) is 2.85. The largest absolute Gasteiger partial charge is 0.352 e. The molecule has 0 bridgehead atoms. The molecule has 3 aromatic rings. The van der Waals surface area contributed by atoms with Crippen LogP contribution in [0.2, 0.25) is 0 Å². The van der Waals surface area contributed by atoms with E-state index in [4.69, 9.17) is 0 Å². The molecule has 0 heterocycles. The number of nitrogens with one attached hydrogen (secondary N) is 1. The second-order valence-corrected chi connectivity index (χ2v) is 11.9. The number of benzene rings is 3. The standard InChI is InChI=1S/C32H39BrN2O2/c1-23(2)34-31(37)29(21-25-9-7-6-8-10-25)35(22-26-13-18-28(33)19-14-26)30(36)20-15-24-11-16-27(17-12-24)32(3,4)5/h6-14,16-19,23,29H,15,20-22H2,1-5H3,(H,34,37)/t29-/m1/s1. The molecule has 37 heavy (non-hydrogen) atoms. The van der Waals surface area contributed by atoms with E-state index in [1.165, 1.54) is 5.56 Å². The van der Waals surface area contributed by atoms with Crippen molar-refractivity contribution >= 4 is 27.7 Å². The molecule has 0 spiro atoms. The van der Waals surface area contributed by atoms with E-state index in [-0.39, 0.29) is 23.3 Å². The van der Waals surface area contributed by atoms with Gasteiger partial charge in [0.25, 0.3) is 0 Å². The molecule has 0 aliphatic rings. The number of hydrogen-bond donors (Lipinski definition) is 1. The third-order valence-corrected chi connectivity index (χ3v) is 6.94. The molecular formula is C32H39BrN2O2. The number of nitrogens with zero attached hydrogens (tertiary/aromatic N) is 1. The predicted molar refractivity (Wildman–Crippen MR) is 155 cm³/mol. The Morgan fingerprint density at radius 3 is 2.00 bits per heavy atom. The average molecular weight is 564 g/mol. The first kappa shape index (κ1) is 28.6. The van der Waals surface area contributed by atoms with Crippen molar-refractivity contribution in [3.05, 3.63) is 106 Å². The molecule has 3 aromatic carbocycles. The van der Waals surface area contributed by atoms with Gasteiger partial charge in [0.15, 0.2) is 0 Å². The minimum Gasteiger partial charge on any atom is -0.352 e. The van der Waals surface area contributed by atoms with Crippen molar-refractivity contribution in [1.29, 1.82) is 0 Å². The van der Waals surface area contributed by atoms with E-state index in [9.17, 15) is 9.59 Å². The van der Waals surface area contributed by atoms with Gasteiger partial charge < -0.3 is 10.2 Å². The molecule has 0 saturated carbocycles. The molecule has 196 valence electrons. The van der Waals surface area contributed by atoms with Gasteiger partial charge in [0.1, 0.15) is 6.04 Å². The maximum absolute atomic E-state index is 13.8. The minimum atomic E-state index is -0.607. The van der Waals surface area contributed by atoms with Crippen molar-refractivity contribution in [2.24, 2.45) is 0 Å². The maximum atomic E-state index is 13.8. The first-order valence-electron chi connectivity index (χ1n) is 13.0. The van der Waals surface area contributed by atoms with Crippen molar-refractivity contribution < 1.29 is 9.59 Å². The smallest absolute Gasteiger partial charge is 0.243 e. The van der Waals surface area contributed by atoms with Crippen LogP contribution in [0.4, 0.5) is 0 Å². The molecule has 0 aromatic heterocycles. The third-order valence-electron chi connectivity index (χ3n) is 6.42. The predicted octanol–water partition coefficient (Wildman–Crippen LogP) is 6.84. The number of amides is 2. The zero-order valence-electron chi connectivity index (χ0n) is 22.6. The monoisotopic (exact) mass is 562 g/mol. The van der Waals surface area contributed by atoms with Gasteiger partial charge >= 0.3 is 0 Å². The van der Waals surface area contributed by atoms with Crippen LogP contribution in [0.1, 0.15) is 63.3 Å². The number of rotatable bonds is 10. The van der Waals surface area contributed by atoms with Crippen molar-refractivity contribution in [3.63, 3.8) is 0 Å². The summed E-state index contributed by atoms with van der Waals surface area (Å²) in [7, 11) is 0. The quantitative estimate of drug-likeness (QED) is 0.294. The Morgan fingerprint density at radius 1 is 0.838 bits per heavy atom. The summed E-state index contributed by atoms with van der Waals surface area (Å²) >= 11 is 3.49. The van der Waals surface area contributed by atoms with Gasteiger partial charge in [-0.15, -0.1) is 0 Å². The molecule has 0 aliphatic carbocycles. The molecule has 1 atom stereocenters. The molecule has 0 saturated heterocycles. The van der Waals surface area contributed by atoms with Crippen molar-refractivity contribution in [3.8, 4) is 0 Å². The normalized spacial score (nSPS) is 12.3. The van der Waals surface area contributed by atoms with E-state index >= 15 is 0 Å². The second-order valence-electron chi connectivity index (χ2n) is 11.0. The van der Waals surface area contributed by atoms with Gasteiger partial charge in [-0.25, -0.2) is 0 Å². The van der Waals surface area contributed by atoms with Gasteiger partial charge in [-0.3, -0.25) is 9.59 Å². The molecule has 3 rings (SSSR count). The fraction of sp³-hybridized carbons (Fsp3) is 0.375. The lowest BCUT2D eigenvalue weighted by molar-refractivity contribution is -0.141. The van der Waals surface area contributed by atoms with Crippen LogP contribution in [0.3, 0.4) is 0 Å². The van der Waals surface area contributed by atoms with E-state index < -0.39 is 6.04 Å². The number of hydrogen-bond acceptors (Lipinski definition) is 2. The van der Waals surface area contributed by atoms with Crippen molar-refractivity contribution in [1.82, 2.24) is 10.2 Å². The minimum absolute atomic E-state index is 0.0169. The van der Waals surface area contributed by atoms with Gasteiger partial charge in [-0.05, 0) is 60.1 Å². The first-order valence-corrected chi connectivity index (χ1v) is 13.8. The Bertz CT molecular complexity index is 1150. The maximum Gasteiger partial charge on any atom is 0.243 e. The van der Waals surface area contributed by atoms with Crippen molar-refractivity contribution in [2.45, 2.75) is 77.9 Å². The van der Waals surface area contributed by atoms with Crippen LogP contribution in [0.25, 0.3) is 0 Å². The molecular weight excluding hydrogens is 524 g/mol. The highest BCUT2D eigenvalue weighted by atomic mass is 79.9. The SMILES string of the molecule is CC(C)NC(=O)[C@@H](Cc1ccccc1)N(Cc1ccc(Br)cc1)C(=O)CCc1ccc(C(C)(C)C)cc1. The fourth-order valence-corrected chi connectivity index (χ4v) is 4.55. The summed E-state index contributed by atoms with van der Waals surface area (Å²) in [5.74, 6) is -0.151. The number of carbonyl (C=O) groups excluding carboxylic acids is 2. The van der Waals surface area contributed by atoms with Gasteiger partial charge in [0.2, 0.25) is 11.8 Å². The summed E-state index contributed by atoms with van der Waals surface area (Å²) in [6.45, 7) is 10.8. The van der Waals surface area contributed by atoms with Crippen LogP contribution in [-0.4, -0.2) is 28.8 Å². The second kappa shape index (κ2) is 13.0. The van der Waals surface area contributed by atoms with Gasteiger partial charge in [0.05, 0.1) is 0 Å². The molecule has 1 N–H and O–H groups in total. The zero-order chi connectivity index (χ0) is 27.0. The summed E-state index contributed by atoms with van der Waals surface area (Å²) in [5.41, 5.74) is 4.49. The Balaban J connectivity index is 1.87. The van der Waals surface area contributed by atoms with Crippen LogP contribution in [0.15, 0.2) is 83.3 Å². The van der Waals surface area contributed by atoms with Crippen LogP contribution in [-0.2, 0) is 34.4 Å². The highest BCUT2D eigenvalue weighted by molar-refractivity contribution is 9.10. The number of carbonyl (C=O) groups is 2. The molecule has 0 unspecified atom stereocenters. The Kier molecular flexibility index (Phi) is 10.1. The van der Waals surface area contributed by atoms with E-state index in [1.807, 2.05) is 68.4 Å². The van der Waals surface area contributed by atoms with E-state index in [1.54, 1.807) is 4.90 Å². The summed E-state index contributed by atoms with van der Waals surface area (Å²) in [6, 6.07) is 25.7. The molecule has 0 radical (unpaired) electrons. The Morgan fingerprint density at radius 2 is 1.43 bits per heavy atom. The van der Waals surface area contributed by atoms with Gasteiger partial charge in [-0.2, -0.15) is 0 Å². The first-order chi connectivity index (χ1) is 17.5.